The summed E-state index contributed by atoms with van der Waals surface area (Å²) < 4.78 is 0. The molecule has 1 aliphatic carbocycles. The van der Waals surface area contributed by atoms with Crippen molar-refractivity contribution in [2.45, 2.75) is 32.6 Å². The average Bonchev–Trinajstić information content (AvgIpc) is 2.85. The summed E-state index contributed by atoms with van der Waals surface area (Å²) in [6, 6.07) is 0. The van der Waals surface area contributed by atoms with Crippen LogP contribution in [0.25, 0.3) is 0 Å². The second-order valence-electron chi connectivity index (χ2n) is 4.56. The molecular formula is C11H19N3S. The summed E-state index contributed by atoms with van der Waals surface area (Å²) in [5.74, 6) is 0. The van der Waals surface area contributed by atoms with Gasteiger partial charge in [0, 0.05) is 11.9 Å². The van der Waals surface area contributed by atoms with Crippen LogP contribution in [-0.2, 0) is 0 Å². The molecule has 1 saturated carbocycles. The summed E-state index contributed by atoms with van der Waals surface area (Å²) in [5, 5.41) is 6.54. The third kappa shape index (κ3) is 2.49. The van der Waals surface area contributed by atoms with Gasteiger partial charge in [0.15, 0.2) is 5.13 Å². The van der Waals surface area contributed by atoms with Crippen LogP contribution in [-0.4, -0.2) is 18.1 Å². The van der Waals surface area contributed by atoms with Crippen LogP contribution < -0.4 is 11.1 Å². The SMILES string of the molecule is Cc1csc(NCC2(CN)CCCC2)n1. The minimum Gasteiger partial charge on any atom is -0.361 e. The molecule has 0 aliphatic heterocycles. The van der Waals surface area contributed by atoms with E-state index in [2.05, 4.69) is 15.7 Å². The second-order valence-corrected chi connectivity index (χ2v) is 5.42. The largest absolute Gasteiger partial charge is 0.361 e. The summed E-state index contributed by atoms with van der Waals surface area (Å²) in [6.07, 6.45) is 5.19. The van der Waals surface area contributed by atoms with Gasteiger partial charge >= 0.3 is 0 Å². The molecule has 0 unspecified atom stereocenters. The van der Waals surface area contributed by atoms with Crippen molar-refractivity contribution in [2.24, 2.45) is 11.1 Å². The van der Waals surface area contributed by atoms with Crippen molar-refractivity contribution in [2.75, 3.05) is 18.4 Å². The van der Waals surface area contributed by atoms with Gasteiger partial charge in [0.25, 0.3) is 0 Å². The van der Waals surface area contributed by atoms with E-state index in [1.54, 1.807) is 11.3 Å². The molecule has 4 heteroatoms. The van der Waals surface area contributed by atoms with Gasteiger partial charge < -0.3 is 11.1 Å². The van der Waals surface area contributed by atoms with Gasteiger partial charge in [-0.3, -0.25) is 0 Å². The van der Waals surface area contributed by atoms with Crippen LogP contribution >= 0.6 is 11.3 Å². The number of nitrogens with zero attached hydrogens (tertiary/aromatic N) is 1. The zero-order chi connectivity index (χ0) is 10.7. The quantitative estimate of drug-likeness (QED) is 0.827. The number of aryl methyl sites for hydroxylation is 1. The number of nitrogens with one attached hydrogen (secondary N) is 1. The fourth-order valence-corrected chi connectivity index (χ4v) is 2.96. The third-order valence-electron chi connectivity index (χ3n) is 3.33. The molecule has 0 amide bonds. The first-order valence-corrected chi connectivity index (χ1v) is 6.48. The maximum absolute atomic E-state index is 5.88. The normalized spacial score (nSPS) is 19.3. The lowest BCUT2D eigenvalue weighted by molar-refractivity contribution is 0.332. The highest BCUT2D eigenvalue weighted by molar-refractivity contribution is 7.13. The molecule has 1 fully saturated rings. The Morgan fingerprint density at radius 2 is 2.27 bits per heavy atom. The van der Waals surface area contributed by atoms with Crippen molar-refractivity contribution in [1.82, 2.24) is 4.98 Å². The first-order valence-electron chi connectivity index (χ1n) is 5.60. The first kappa shape index (κ1) is 10.9. The number of nitrogens with two attached hydrogens (primary N) is 1. The highest BCUT2D eigenvalue weighted by Crippen LogP contribution is 2.37. The standard InChI is InChI=1S/C11H19N3S/c1-9-6-15-10(14-9)13-8-11(7-12)4-2-3-5-11/h6H,2-5,7-8,12H2,1H3,(H,13,14). The molecular weight excluding hydrogens is 206 g/mol. The monoisotopic (exact) mass is 225 g/mol. The van der Waals surface area contributed by atoms with Gasteiger partial charge in [0.05, 0.1) is 5.69 Å². The molecule has 15 heavy (non-hydrogen) atoms. The Kier molecular flexibility index (Phi) is 3.26. The highest BCUT2D eigenvalue weighted by Gasteiger charge is 2.32. The molecule has 2 rings (SSSR count). The Hall–Kier alpha value is -0.610. The van der Waals surface area contributed by atoms with E-state index >= 15 is 0 Å². The van der Waals surface area contributed by atoms with E-state index in [1.807, 2.05) is 6.92 Å². The Bertz CT molecular complexity index is 315. The molecule has 0 bridgehead atoms. The summed E-state index contributed by atoms with van der Waals surface area (Å²) in [5.41, 5.74) is 7.31. The topological polar surface area (TPSA) is 50.9 Å². The molecule has 1 aliphatic rings. The van der Waals surface area contributed by atoms with Crippen LogP contribution in [0.3, 0.4) is 0 Å². The van der Waals surface area contributed by atoms with Crippen LogP contribution in [0.1, 0.15) is 31.4 Å². The molecule has 1 aromatic rings. The van der Waals surface area contributed by atoms with Crippen molar-refractivity contribution in [3.8, 4) is 0 Å². The predicted molar refractivity (Wildman–Crippen MR) is 65.3 cm³/mol. The lowest BCUT2D eigenvalue weighted by Gasteiger charge is -2.27. The van der Waals surface area contributed by atoms with Gasteiger partial charge in [-0.25, -0.2) is 4.98 Å². The molecule has 84 valence electrons. The molecule has 0 atom stereocenters. The van der Waals surface area contributed by atoms with E-state index in [0.717, 1.165) is 23.9 Å². The molecule has 0 radical (unpaired) electrons. The third-order valence-corrected chi connectivity index (χ3v) is 4.25. The zero-order valence-electron chi connectivity index (χ0n) is 9.25. The van der Waals surface area contributed by atoms with E-state index in [0.29, 0.717) is 5.41 Å². The van der Waals surface area contributed by atoms with Crippen LogP contribution in [0.4, 0.5) is 5.13 Å². The fourth-order valence-electron chi connectivity index (χ4n) is 2.28. The molecule has 0 saturated heterocycles. The predicted octanol–water partition coefficient (Wildman–Crippen LogP) is 2.38. The Balaban J connectivity index is 1.91. The van der Waals surface area contributed by atoms with Gasteiger partial charge in [-0.05, 0) is 31.7 Å². The van der Waals surface area contributed by atoms with E-state index in [-0.39, 0.29) is 0 Å². The lowest BCUT2D eigenvalue weighted by atomic mass is 9.86. The lowest BCUT2D eigenvalue weighted by Crippen LogP contribution is -2.34. The summed E-state index contributed by atoms with van der Waals surface area (Å²) in [6.45, 7) is 3.80. The fraction of sp³-hybridized carbons (Fsp3) is 0.727. The minimum absolute atomic E-state index is 0.333. The molecule has 3 nitrogen and oxygen atoms in total. The average molecular weight is 225 g/mol. The van der Waals surface area contributed by atoms with Gasteiger partial charge in [-0.15, -0.1) is 11.3 Å². The van der Waals surface area contributed by atoms with Crippen LogP contribution in [0, 0.1) is 12.3 Å². The zero-order valence-corrected chi connectivity index (χ0v) is 10.1. The Morgan fingerprint density at radius 3 is 2.80 bits per heavy atom. The Morgan fingerprint density at radius 1 is 1.53 bits per heavy atom. The van der Waals surface area contributed by atoms with Gasteiger partial charge in [-0.2, -0.15) is 0 Å². The molecule has 0 spiro atoms. The van der Waals surface area contributed by atoms with E-state index in [4.69, 9.17) is 5.73 Å². The van der Waals surface area contributed by atoms with Gasteiger partial charge in [0.2, 0.25) is 0 Å². The minimum atomic E-state index is 0.333. The number of anilines is 1. The van der Waals surface area contributed by atoms with Crippen molar-refractivity contribution < 1.29 is 0 Å². The van der Waals surface area contributed by atoms with Crippen LogP contribution in [0.5, 0.6) is 0 Å². The van der Waals surface area contributed by atoms with Crippen molar-refractivity contribution in [1.29, 1.82) is 0 Å². The number of aromatic nitrogens is 1. The van der Waals surface area contributed by atoms with E-state index < -0.39 is 0 Å². The Labute approximate surface area is 95.1 Å². The van der Waals surface area contributed by atoms with Crippen LogP contribution in [0.2, 0.25) is 0 Å². The van der Waals surface area contributed by atoms with Crippen molar-refractivity contribution >= 4 is 16.5 Å². The summed E-state index contributed by atoms with van der Waals surface area (Å²) >= 11 is 1.68. The first-order chi connectivity index (χ1) is 7.24. The second kappa shape index (κ2) is 4.49. The summed E-state index contributed by atoms with van der Waals surface area (Å²) in [7, 11) is 0. The number of thiazole rings is 1. The van der Waals surface area contributed by atoms with Crippen LogP contribution in [0.15, 0.2) is 5.38 Å². The smallest absolute Gasteiger partial charge is 0.182 e. The molecule has 0 aromatic carbocycles. The number of hydrogen-bond donors (Lipinski definition) is 2. The van der Waals surface area contributed by atoms with Gasteiger partial charge in [-0.1, -0.05) is 12.8 Å². The molecule has 3 N–H and O–H groups in total. The van der Waals surface area contributed by atoms with Gasteiger partial charge in [0.1, 0.15) is 0 Å². The van der Waals surface area contributed by atoms with E-state index in [1.165, 1.54) is 25.7 Å². The van der Waals surface area contributed by atoms with Crippen molar-refractivity contribution in [3.63, 3.8) is 0 Å². The maximum atomic E-state index is 5.88. The maximum Gasteiger partial charge on any atom is 0.182 e. The molecule has 1 aromatic heterocycles. The van der Waals surface area contributed by atoms with E-state index in [9.17, 15) is 0 Å². The molecule has 1 heterocycles. The highest BCUT2D eigenvalue weighted by atomic mass is 32.1. The number of hydrogen-bond acceptors (Lipinski definition) is 4. The summed E-state index contributed by atoms with van der Waals surface area (Å²) in [4.78, 5) is 4.40. The number of rotatable bonds is 4. The van der Waals surface area contributed by atoms with Crippen molar-refractivity contribution in [3.05, 3.63) is 11.1 Å².